The molecule has 0 aliphatic heterocycles. The predicted octanol–water partition coefficient (Wildman–Crippen LogP) is 2.21. The number of hydrogen-bond acceptors (Lipinski definition) is 4. The first-order chi connectivity index (χ1) is 8.80. The van der Waals surface area contributed by atoms with Crippen LogP contribution in [-0.4, -0.2) is 27.9 Å². The molecule has 0 radical (unpaired) electrons. The van der Waals surface area contributed by atoms with E-state index in [0.717, 1.165) is 30.3 Å². The lowest BCUT2D eigenvalue weighted by Gasteiger charge is -2.16. The minimum atomic E-state index is 0.658. The second-order valence-electron chi connectivity index (χ2n) is 4.57. The van der Waals surface area contributed by atoms with Gasteiger partial charge in [-0.1, -0.05) is 6.07 Å². The molecule has 1 aromatic carbocycles. The molecular formula is C14H21NO3. The van der Waals surface area contributed by atoms with E-state index in [4.69, 9.17) is 14.2 Å². The zero-order valence-electron chi connectivity index (χ0n) is 11.3. The molecule has 1 aromatic rings. The van der Waals surface area contributed by atoms with Crippen LogP contribution in [0.5, 0.6) is 17.2 Å². The van der Waals surface area contributed by atoms with Gasteiger partial charge in [0.15, 0.2) is 11.5 Å². The normalized spacial score (nSPS) is 14.4. The van der Waals surface area contributed by atoms with E-state index in [2.05, 4.69) is 5.32 Å². The summed E-state index contributed by atoms with van der Waals surface area (Å²) >= 11 is 0. The van der Waals surface area contributed by atoms with Crippen LogP contribution in [0.25, 0.3) is 0 Å². The lowest BCUT2D eigenvalue weighted by molar-refractivity contribution is 0.321. The first-order valence-corrected chi connectivity index (χ1v) is 6.28. The van der Waals surface area contributed by atoms with E-state index >= 15 is 0 Å². The Balaban J connectivity index is 2.11. The molecule has 4 heteroatoms. The van der Waals surface area contributed by atoms with Crippen molar-refractivity contribution < 1.29 is 14.2 Å². The van der Waals surface area contributed by atoms with Crippen LogP contribution in [0.3, 0.4) is 0 Å². The lowest BCUT2D eigenvalue weighted by atomic mass is 10.1. The van der Waals surface area contributed by atoms with Crippen molar-refractivity contribution in [1.29, 1.82) is 0 Å². The van der Waals surface area contributed by atoms with E-state index < -0.39 is 0 Å². The number of hydrogen-bond donors (Lipinski definition) is 1. The molecule has 1 aliphatic carbocycles. The summed E-state index contributed by atoms with van der Waals surface area (Å²) in [6.07, 6.45) is 2.71. The fourth-order valence-electron chi connectivity index (χ4n) is 2.04. The van der Waals surface area contributed by atoms with Gasteiger partial charge in [-0.3, -0.25) is 0 Å². The summed E-state index contributed by atoms with van der Waals surface area (Å²) in [6, 6.07) is 3.93. The summed E-state index contributed by atoms with van der Waals surface area (Å²) < 4.78 is 16.1. The fraction of sp³-hybridized carbons (Fsp3) is 0.571. The van der Waals surface area contributed by atoms with Gasteiger partial charge in [0.25, 0.3) is 0 Å². The maximum absolute atomic E-state index is 5.44. The Kier molecular flexibility index (Phi) is 4.31. The molecule has 0 unspecified atom stereocenters. The number of benzene rings is 1. The summed E-state index contributed by atoms with van der Waals surface area (Å²) in [6.45, 7) is 1.87. The highest BCUT2D eigenvalue weighted by atomic mass is 16.5. The Morgan fingerprint density at radius 2 is 1.78 bits per heavy atom. The second-order valence-corrected chi connectivity index (χ2v) is 4.57. The van der Waals surface area contributed by atoms with Crippen molar-refractivity contribution in [2.45, 2.75) is 19.4 Å². The van der Waals surface area contributed by atoms with Gasteiger partial charge in [-0.05, 0) is 31.4 Å². The van der Waals surface area contributed by atoms with Gasteiger partial charge in [0.1, 0.15) is 0 Å². The number of rotatable bonds is 7. The van der Waals surface area contributed by atoms with Crippen molar-refractivity contribution in [1.82, 2.24) is 5.32 Å². The van der Waals surface area contributed by atoms with Crippen LogP contribution < -0.4 is 19.5 Å². The largest absolute Gasteiger partial charge is 0.493 e. The Labute approximate surface area is 108 Å². The topological polar surface area (TPSA) is 39.7 Å². The summed E-state index contributed by atoms with van der Waals surface area (Å²) in [5.74, 6) is 2.97. The van der Waals surface area contributed by atoms with Crippen molar-refractivity contribution in [3.63, 3.8) is 0 Å². The number of nitrogens with one attached hydrogen (secondary N) is 1. The molecule has 1 fully saturated rings. The molecule has 100 valence electrons. The van der Waals surface area contributed by atoms with Crippen LogP contribution in [0.4, 0.5) is 0 Å². The van der Waals surface area contributed by atoms with E-state index in [1.165, 1.54) is 12.8 Å². The third kappa shape index (κ3) is 2.88. The molecule has 0 amide bonds. The standard InChI is InChI=1S/C14H21NO3/c1-16-12-7-6-11(9-15-8-10-4-5-10)13(17-2)14(12)18-3/h6-7,10,15H,4-5,8-9H2,1-3H3. The SMILES string of the molecule is COc1ccc(CNCC2CC2)c(OC)c1OC. The average Bonchev–Trinajstić information content (AvgIpc) is 3.21. The Hall–Kier alpha value is -1.42. The smallest absolute Gasteiger partial charge is 0.203 e. The molecule has 0 bridgehead atoms. The van der Waals surface area contributed by atoms with Crippen LogP contribution >= 0.6 is 0 Å². The molecule has 2 rings (SSSR count). The average molecular weight is 251 g/mol. The van der Waals surface area contributed by atoms with E-state index in [1.807, 2.05) is 12.1 Å². The van der Waals surface area contributed by atoms with Crippen molar-refractivity contribution in [2.24, 2.45) is 5.92 Å². The Bertz CT molecular complexity index is 402. The van der Waals surface area contributed by atoms with E-state index in [0.29, 0.717) is 11.5 Å². The molecule has 0 aromatic heterocycles. The summed E-state index contributed by atoms with van der Waals surface area (Å²) in [5, 5.41) is 3.45. The van der Waals surface area contributed by atoms with Gasteiger partial charge >= 0.3 is 0 Å². The molecule has 0 saturated heterocycles. The summed E-state index contributed by atoms with van der Waals surface area (Å²) in [7, 11) is 4.91. The maximum atomic E-state index is 5.44. The van der Waals surface area contributed by atoms with Crippen LogP contribution in [-0.2, 0) is 6.54 Å². The molecule has 18 heavy (non-hydrogen) atoms. The minimum absolute atomic E-state index is 0.658. The zero-order chi connectivity index (χ0) is 13.0. The van der Waals surface area contributed by atoms with Gasteiger partial charge in [0, 0.05) is 12.1 Å². The van der Waals surface area contributed by atoms with Crippen molar-refractivity contribution in [3.05, 3.63) is 17.7 Å². The highest BCUT2D eigenvalue weighted by Gasteiger charge is 2.21. The van der Waals surface area contributed by atoms with E-state index in [9.17, 15) is 0 Å². The van der Waals surface area contributed by atoms with Gasteiger partial charge in [-0.15, -0.1) is 0 Å². The number of methoxy groups -OCH3 is 3. The van der Waals surface area contributed by atoms with Crippen molar-refractivity contribution >= 4 is 0 Å². The molecule has 1 aliphatic rings. The van der Waals surface area contributed by atoms with Crippen molar-refractivity contribution in [3.8, 4) is 17.2 Å². The highest BCUT2D eigenvalue weighted by molar-refractivity contribution is 5.55. The molecule has 1 N–H and O–H groups in total. The highest BCUT2D eigenvalue weighted by Crippen LogP contribution is 2.39. The molecule has 1 saturated carbocycles. The molecule has 0 spiro atoms. The third-order valence-electron chi connectivity index (χ3n) is 3.23. The second kappa shape index (κ2) is 5.96. The predicted molar refractivity (Wildman–Crippen MR) is 70.5 cm³/mol. The maximum Gasteiger partial charge on any atom is 0.203 e. The van der Waals surface area contributed by atoms with E-state index in [1.54, 1.807) is 21.3 Å². The molecule has 0 atom stereocenters. The third-order valence-corrected chi connectivity index (χ3v) is 3.23. The molecular weight excluding hydrogens is 230 g/mol. The number of ether oxygens (including phenoxy) is 3. The van der Waals surface area contributed by atoms with Gasteiger partial charge in [0.2, 0.25) is 5.75 Å². The molecule has 4 nitrogen and oxygen atoms in total. The Morgan fingerprint density at radius 1 is 1.06 bits per heavy atom. The minimum Gasteiger partial charge on any atom is -0.493 e. The first kappa shape index (κ1) is 13.0. The summed E-state index contributed by atoms with van der Waals surface area (Å²) in [5.41, 5.74) is 1.09. The van der Waals surface area contributed by atoms with Gasteiger partial charge < -0.3 is 19.5 Å². The van der Waals surface area contributed by atoms with Crippen LogP contribution in [0.2, 0.25) is 0 Å². The zero-order valence-corrected chi connectivity index (χ0v) is 11.3. The molecule has 0 heterocycles. The Morgan fingerprint density at radius 3 is 2.33 bits per heavy atom. The fourth-order valence-corrected chi connectivity index (χ4v) is 2.04. The summed E-state index contributed by atoms with van der Waals surface area (Å²) in [4.78, 5) is 0. The van der Waals surface area contributed by atoms with Crippen molar-refractivity contribution in [2.75, 3.05) is 27.9 Å². The van der Waals surface area contributed by atoms with Crippen LogP contribution in [0, 0.1) is 5.92 Å². The first-order valence-electron chi connectivity index (χ1n) is 6.28. The monoisotopic (exact) mass is 251 g/mol. The van der Waals surface area contributed by atoms with Crippen LogP contribution in [0.1, 0.15) is 18.4 Å². The van der Waals surface area contributed by atoms with E-state index in [-0.39, 0.29) is 0 Å². The van der Waals surface area contributed by atoms with Gasteiger partial charge in [-0.25, -0.2) is 0 Å². The van der Waals surface area contributed by atoms with Gasteiger partial charge in [-0.2, -0.15) is 0 Å². The quantitative estimate of drug-likeness (QED) is 0.806. The lowest BCUT2D eigenvalue weighted by Crippen LogP contribution is -2.16. The van der Waals surface area contributed by atoms with Gasteiger partial charge in [0.05, 0.1) is 21.3 Å². The van der Waals surface area contributed by atoms with Crippen LogP contribution in [0.15, 0.2) is 12.1 Å².